The van der Waals surface area contributed by atoms with Crippen LogP contribution in [0.4, 0.5) is 17.1 Å². The zero-order valence-corrected chi connectivity index (χ0v) is 15.4. The number of hydrogen-bond acceptors (Lipinski definition) is 6. The predicted octanol–water partition coefficient (Wildman–Crippen LogP) is 1.89. The van der Waals surface area contributed by atoms with E-state index in [1.807, 2.05) is 4.90 Å². The van der Waals surface area contributed by atoms with E-state index in [1.54, 1.807) is 42.5 Å². The molecule has 148 valence electrons. The molecule has 0 aromatic heterocycles. The van der Waals surface area contributed by atoms with Crippen LogP contribution in [0.1, 0.15) is 5.56 Å². The summed E-state index contributed by atoms with van der Waals surface area (Å²) in [7, 11) is 0. The second-order valence-electron chi connectivity index (χ2n) is 6.58. The van der Waals surface area contributed by atoms with Crippen molar-refractivity contribution in [2.75, 3.05) is 36.2 Å². The van der Waals surface area contributed by atoms with Crippen LogP contribution in [0.2, 0.25) is 0 Å². The SMILES string of the molecule is O=C1NN(c2ccccc2)C(=O)C1=Cc1ccc(N2CCOCC2)c([N+](=O)[O-])c1. The van der Waals surface area contributed by atoms with Gasteiger partial charge in [-0.3, -0.25) is 25.1 Å². The molecule has 1 N–H and O–H groups in total. The minimum absolute atomic E-state index is 0.0768. The van der Waals surface area contributed by atoms with Gasteiger partial charge in [0.1, 0.15) is 11.3 Å². The molecule has 2 fully saturated rings. The van der Waals surface area contributed by atoms with Gasteiger partial charge in [0.15, 0.2) is 0 Å². The Morgan fingerprint density at radius 1 is 1.07 bits per heavy atom. The molecule has 29 heavy (non-hydrogen) atoms. The molecule has 2 aliphatic rings. The number of nitrogens with one attached hydrogen (secondary N) is 1. The summed E-state index contributed by atoms with van der Waals surface area (Å²) in [5, 5.41) is 12.7. The van der Waals surface area contributed by atoms with Crippen molar-refractivity contribution in [1.29, 1.82) is 0 Å². The molecular formula is C20H18N4O5. The normalized spacial score (nSPS) is 18.3. The van der Waals surface area contributed by atoms with Gasteiger partial charge in [-0.1, -0.05) is 24.3 Å². The molecule has 4 rings (SSSR count). The zero-order valence-electron chi connectivity index (χ0n) is 15.4. The highest BCUT2D eigenvalue weighted by molar-refractivity contribution is 6.31. The van der Waals surface area contributed by atoms with Gasteiger partial charge in [-0.05, 0) is 29.8 Å². The predicted molar refractivity (Wildman–Crippen MR) is 106 cm³/mol. The highest BCUT2D eigenvalue weighted by Crippen LogP contribution is 2.31. The van der Waals surface area contributed by atoms with Crippen molar-refractivity contribution in [1.82, 2.24) is 5.43 Å². The van der Waals surface area contributed by atoms with E-state index in [1.165, 1.54) is 12.1 Å². The van der Waals surface area contributed by atoms with Gasteiger partial charge in [-0.25, -0.2) is 5.01 Å². The highest BCUT2D eigenvalue weighted by atomic mass is 16.6. The number of rotatable bonds is 4. The summed E-state index contributed by atoms with van der Waals surface area (Å²) < 4.78 is 5.30. The fraction of sp³-hybridized carbons (Fsp3) is 0.200. The maximum atomic E-state index is 12.7. The topological polar surface area (TPSA) is 105 Å². The molecule has 2 amide bonds. The van der Waals surface area contributed by atoms with E-state index < -0.39 is 16.7 Å². The number of carbonyl (C=O) groups is 2. The summed E-state index contributed by atoms with van der Waals surface area (Å²) in [6.45, 7) is 2.14. The molecule has 2 saturated heterocycles. The fourth-order valence-corrected chi connectivity index (χ4v) is 3.33. The molecule has 2 heterocycles. The summed E-state index contributed by atoms with van der Waals surface area (Å²) in [6, 6.07) is 13.4. The first-order valence-corrected chi connectivity index (χ1v) is 9.08. The number of amides is 2. The van der Waals surface area contributed by atoms with E-state index in [0.717, 1.165) is 5.01 Å². The summed E-state index contributed by atoms with van der Waals surface area (Å²) in [6.07, 6.45) is 1.37. The van der Waals surface area contributed by atoms with Crippen molar-refractivity contribution in [2.45, 2.75) is 0 Å². The van der Waals surface area contributed by atoms with Crippen LogP contribution in [0.5, 0.6) is 0 Å². The fourth-order valence-electron chi connectivity index (χ4n) is 3.33. The zero-order chi connectivity index (χ0) is 20.4. The monoisotopic (exact) mass is 394 g/mol. The molecule has 2 aromatic carbocycles. The summed E-state index contributed by atoms with van der Waals surface area (Å²) in [5.74, 6) is -1.07. The molecule has 2 aromatic rings. The van der Waals surface area contributed by atoms with Crippen LogP contribution in [-0.2, 0) is 14.3 Å². The second-order valence-corrected chi connectivity index (χ2v) is 6.58. The smallest absolute Gasteiger partial charge is 0.293 e. The minimum Gasteiger partial charge on any atom is -0.378 e. The molecule has 0 unspecified atom stereocenters. The van der Waals surface area contributed by atoms with Crippen LogP contribution in [0.3, 0.4) is 0 Å². The number of benzene rings is 2. The summed E-state index contributed by atoms with van der Waals surface area (Å²) in [5.41, 5.74) is 3.78. The number of nitrogens with zero attached hydrogens (tertiary/aromatic N) is 3. The number of hydrogen-bond donors (Lipinski definition) is 1. The third-order valence-electron chi connectivity index (χ3n) is 4.76. The first kappa shape index (κ1) is 18.6. The van der Waals surface area contributed by atoms with Gasteiger partial charge in [0.2, 0.25) is 0 Å². The second kappa shape index (κ2) is 7.72. The van der Waals surface area contributed by atoms with Gasteiger partial charge in [0.05, 0.1) is 23.8 Å². The Hall–Kier alpha value is -3.72. The Balaban J connectivity index is 1.65. The van der Waals surface area contributed by atoms with E-state index in [2.05, 4.69) is 5.43 Å². The van der Waals surface area contributed by atoms with Gasteiger partial charge in [-0.15, -0.1) is 0 Å². The van der Waals surface area contributed by atoms with Crippen molar-refractivity contribution in [3.8, 4) is 0 Å². The van der Waals surface area contributed by atoms with Crippen LogP contribution in [0, 0.1) is 10.1 Å². The molecule has 0 spiro atoms. The molecule has 9 nitrogen and oxygen atoms in total. The third-order valence-corrected chi connectivity index (χ3v) is 4.76. The maximum absolute atomic E-state index is 12.7. The molecule has 0 atom stereocenters. The third kappa shape index (κ3) is 3.67. The van der Waals surface area contributed by atoms with E-state index in [0.29, 0.717) is 43.2 Å². The lowest BCUT2D eigenvalue weighted by atomic mass is 10.1. The Morgan fingerprint density at radius 3 is 2.48 bits per heavy atom. The Kier molecular flexibility index (Phi) is 4.96. The molecule has 0 bridgehead atoms. The Bertz CT molecular complexity index is 999. The Morgan fingerprint density at radius 2 is 1.79 bits per heavy atom. The van der Waals surface area contributed by atoms with Crippen LogP contribution >= 0.6 is 0 Å². The highest BCUT2D eigenvalue weighted by Gasteiger charge is 2.34. The van der Waals surface area contributed by atoms with E-state index in [-0.39, 0.29) is 11.3 Å². The lowest BCUT2D eigenvalue weighted by Gasteiger charge is -2.28. The summed E-state index contributed by atoms with van der Waals surface area (Å²) in [4.78, 5) is 38.0. The lowest BCUT2D eigenvalue weighted by molar-refractivity contribution is -0.384. The number of nitro benzene ring substituents is 1. The number of morpholine rings is 1. The van der Waals surface area contributed by atoms with Crippen molar-refractivity contribution in [3.05, 3.63) is 69.8 Å². The number of carbonyl (C=O) groups excluding carboxylic acids is 2. The van der Waals surface area contributed by atoms with E-state index in [4.69, 9.17) is 4.74 Å². The van der Waals surface area contributed by atoms with Gasteiger partial charge in [0, 0.05) is 19.2 Å². The van der Waals surface area contributed by atoms with Crippen molar-refractivity contribution in [3.63, 3.8) is 0 Å². The lowest BCUT2D eigenvalue weighted by Crippen LogP contribution is -2.36. The van der Waals surface area contributed by atoms with Crippen molar-refractivity contribution >= 4 is 35.0 Å². The average molecular weight is 394 g/mol. The average Bonchev–Trinajstić information content (AvgIpc) is 3.03. The molecule has 2 aliphatic heterocycles. The Labute approximate surface area is 166 Å². The number of anilines is 2. The quantitative estimate of drug-likeness (QED) is 0.368. The summed E-state index contributed by atoms with van der Waals surface area (Å²) >= 11 is 0. The van der Waals surface area contributed by atoms with Crippen molar-refractivity contribution < 1.29 is 19.2 Å². The molecule has 0 aliphatic carbocycles. The molecule has 0 radical (unpaired) electrons. The van der Waals surface area contributed by atoms with Gasteiger partial charge < -0.3 is 9.64 Å². The van der Waals surface area contributed by atoms with Crippen molar-refractivity contribution in [2.24, 2.45) is 0 Å². The minimum atomic E-state index is -0.557. The van der Waals surface area contributed by atoms with Crippen LogP contribution in [-0.4, -0.2) is 43.0 Å². The van der Waals surface area contributed by atoms with Gasteiger partial charge in [-0.2, -0.15) is 0 Å². The number of hydrazine groups is 1. The van der Waals surface area contributed by atoms with Crippen LogP contribution in [0.25, 0.3) is 6.08 Å². The number of nitro groups is 1. The van der Waals surface area contributed by atoms with Gasteiger partial charge in [0.25, 0.3) is 17.5 Å². The van der Waals surface area contributed by atoms with E-state index in [9.17, 15) is 19.7 Å². The molecule has 9 heteroatoms. The largest absolute Gasteiger partial charge is 0.378 e. The molecular weight excluding hydrogens is 376 g/mol. The van der Waals surface area contributed by atoms with Crippen LogP contribution < -0.4 is 15.3 Å². The number of ether oxygens (including phenoxy) is 1. The molecule has 0 saturated carbocycles. The first-order chi connectivity index (χ1) is 14.0. The van der Waals surface area contributed by atoms with Gasteiger partial charge >= 0.3 is 0 Å². The van der Waals surface area contributed by atoms with E-state index >= 15 is 0 Å². The first-order valence-electron chi connectivity index (χ1n) is 9.08. The van der Waals surface area contributed by atoms with Crippen LogP contribution in [0.15, 0.2) is 54.1 Å². The maximum Gasteiger partial charge on any atom is 0.293 e. The number of para-hydroxylation sites is 1. The standard InChI is InChI=1S/C20H18N4O5/c25-19-16(20(26)23(21-19)15-4-2-1-3-5-15)12-14-6-7-17(18(13-14)24(27)28)22-8-10-29-11-9-22/h1-7,12-13H,8-11H2,(H,21,25).